The van der Waals surface area contributed by atoms with Crippen LogP contribution in [0.15, 0.2) is 0 Å². The molecule has 0 unspecified atom stereocenters. The lowest BCUT2D eigenvalue weighted by molar-refractivity contribution is -0.197. The van der Waals surface area contributed by atoms with Gasteiger partial charge in [-0.15, -0.1) is 0 Å². The molecule has 4 saturated carbocycles. The fourth-order valence-electron chi connectivity index (χ4n) is 9.36. The van der Waals surface area contributed by atoms with Crippen molar-refractivity contribution in [3.63, 3.8) is 0 Å². The van der Waals surface area contributed by atoms with Crippen LogP contribution < -0.4 is 0 Å². The molecule has 4 fully saturated rings. The summed E-state index contributed by atoms with van der Waals surface area (Å²) in [5.41, 5.74) is 0.363. The predicted molar refractivity (Wildman–Crippen MR) is 128 cm³/mol. The fraction of sp³-hybridized carbons (Fsp3) is 0.893. The van der Waals surface area contributed by atoms with Crippen molar-refractivity contribution in [1.82, 2.24) is 0 Å². The summed E-state index contributed by atoms with van der Waals surface area (Å²) < 4.78 is 11.7. The third-order valence-corrected chi connectivity index (χ3v) is 10.8. The first-order chi connectivity index (χ1) is 16.0. The van der Waals surface area contributed by atoms with Crippen molar-refractivity contribution >= 4 is 17.9 Å². The number of hydrogen-bond donors (Lipinski definition) is 1. The lowest BCUT2D eigenvalue weighted by Crippen LogP contribution is -2.59. The van der Waals surface area contributed by atoms with Gasteiger partial charge in [0.05, 0.1) is 0 Å². The summed E-state index contributed by atoms with van der Waals surface area (Å²) in [7, 11) is 0. The maximum absolute atomic E-state index is 12.2. The summed E-state index contributed by atoms with van der Waals surface area (Å²) in [5, 5.41) is 9.20. The average Bonchev–Trinajstić information content (AvgIpc) is 3.09. The molecule has 0 heterocycles. The number of ether oxygens (including phenoxy) is 2. The van der Waals surface area contributed by atoms with E-state index >= 15 is 0 Å². The molecule has 192 valence electrons. The molecule has 10 atom stereocenters. The van der Waals surface area contributed by atoms with Gasteiger partial charge in [0, 0.05) is 26.2 Å². The van der Waals surface area contributed by atoms with E-state index in [4.69, 9.17) is 9.47 Å². The molecular weight excluding hydrogens is 432 g/mol. The van der Waals surface area contributed by atoms with Crippen molar-refractivity contribution in [1.29, 1.82) is 0 Å². The van der Waals surface area contributed by atoms with E-state index in [1.807, 2.05) is 0 Å². The number of carboxylic acids is 1. The Hall–Kier alpha value is -1.59. The molecule has 0 aromatic carbocycles. The first-order valence-electron chi connectivity index (χ1n) is 13.5. The zero-order chi connectivity index (χ0) is 24.8. The highest BCUT2D eigenvalue weighted by molar-refractivity contribution is 5.67. The summed E-state index contributed by atoms with van der Waals surface area (Å²) in [6.45, 7) is 10.2. The van der Waals surface area contributed by atoms with Gasteiger partial charge in [0.25, 0.3) is 0 Å². The Kier molecular flexibility index (Phi) is 7.10. The zero-order valence-electron chi connectivity index (χ0n) is 21.7. The predicted octanol–water partition coefficient (Wildman–Crippen LogP) is 5.62. The van der Waals surface area contributed by atoms with E-state index in [-0.39, 0.29) is 41.4 Å². The number of fused-ring (bicyclic) bond motifs is 5. The topological polar surface area (TPSA) is 89.9 Å². The molecule has 1 N–H and O–H groups in total. The second-order valence-corrected chi connectivity index (χ2v) is 12.5. The fourth-order valence-corrected chi connectivity index (χ4v) is 9.36. The van der Waals surface area contributed by atoms with E-state index in [0.29, 0.717) is 35.5 Å². The third kappa shape index (κ3) is 4.51. The van der Waals surface area contributed by atoms with Gasteiger partial charge in [-0.1, -0.05) is 20.8 Å². The van der Waals surface area contributed by atoms with E-state index < -0.39 is 5.97 Å². The second-order valence-electron chi connectivity index (χ2n) is 12.5. The lowest BCUT2D eigenvalue weighted by Gasteiger charge is -2.62. The first kappa shape index (κ1) is 25.5. The molecule has 0 spiro atoms. The lowest BCUT2D eigenvalue weighted by atomic mass is 9.43. The van der Waals surface area contributed by atoms with Gasteiger partial charge in [-0.2, -0.15) is 0 Å². The van der Waals surface area contributed by atoms with Crippen molar-refractivity contribution in [2.45, 2.75) is 111 Å². The number of carbonyl (C=O) groups excluding carboxylic acids is 2. The minimum atomic E-state index is -0.708. The van der Waals surface area contributed by atoms with Gasteiger partial charge >= 0.3 is 17.9 Å². The van der Waals surface area contributed by atoms with Crippen molar-refractivity contribution in [3.05, 3.63) is 0 Å². The largest absolute Gasteiger partial charge is 0.481 e. The Morgan fingerprint density at radius 1 is 0.912 bits per heavy atom. The van der Waals surface area contributed by atoms with Crippen molar-refractivity contribution in [3.8, 4) is 0 Å². The van der Waals surface area contributed by atoms with Crippen LogP contribution in [0.3, 0.4) is 0 Å². The molecule has 4 rings (SSSR count). The number of aliphatic carboxylic acids is 1. The Morgan fingerprint density at radius 3 is 2.21 bits per heavy atom. The Balaban J connectivity index is 1.59. The van der Waals surface area contributed by atoms with Crippen LogP contribution in [-0.4, -0.2) is 35.2 Å². The highest BCUT2D eigenvalue weighted by Gasteiger charge is 2.63. The number of rotatable bonds is 6. The molecule has 4 aliphatic rings. The minimum Gasteiger partial charge on any atom is -0.481 e. The number of carbonyl (C=O) groups is 3. The molecule has 0 amide bonds. The van der Waals surface area contributed by atoms with Gasteiger partial charge in [-0.05, 0) is 98.2 Å². The molecule has 0 aromatic rings. The van der Waals surface area contributed by atoms with Gasteiger partial charge < -0.3 is 14.6 Å². The molecule has 0 aliphatic heterocycles. The van der Waals surface area contributed by atoms with E-state index in [9.17, 15) is 19.5 Å². The van der Waals surface area contributed by atoms with Gasteiger partial charge in [0.15, 0.2) is 0 Å². The molecule has 0 saturated heterocycles. The molecule has 0 radical (unpaired) electrons. The van der Waals surface area contributed by atoms with Crippen LogP contribution in [0.4, 0.5) is 0 Å². The Morgan fingerprint density at radius 2 is 1.56 bits per heavy atom. The number of hydrogen-bond acceptors (Lipinski definition) is 5. The molecular formula is C28H44O6. The Labute approximate surface area is 204 Å². The molecule has 0 aromatic heterocycles. The van der Waals surface area contributed by atoms with Crippen LogP contribution in [-0.2, 0) is 23.9 Å². The SMILES string of the molecule is CC(=O)O[C@@H]1CC[C@@]2(C)[C@@H](C1)C[C@H](OC(C)=O)[C@@H]1[C@@H]2CC[C@]2(C)[C@@H]([C@H](C)CCC(=O)O)CC[C@@H]12. The highest BCUT2D eigenvalue weighted by atomic mass is 16.5. The van der Waals surface area contributed by atoms with Crippen molar-refractivity contribution in [2.75, 3.05) is 0 Å². The second kappa shape index (κ2) is 9.46. The molecule has 4 aliphatic carbocycles. The maximum Gasteiger partial charge on any atom is 0.303 e. The third-order valence-electron chi connectivity index (χ3n) is 10.8. The number of carboxylic acid groups (broad SMARTS) is 1. The number of esters is 2. The van der Waals surface area contributed by atoms with E-state index in [1.54, 1.807) is 0 Å². The van der Waals surface area contributed by atoms with E-state index in [1.165, 1.54) is 20.3 Å². The van der Waals surface area contributed by atoms with Gasteiger partial charge in [-0.3, -0.25) is 14.4 Å². The van der Waals surface area contributed by atoms with Crippen LogP contribution in [0.25, 0.3) is 0 Å². The molecule has 0 bridgehead atoms. The normalized spacial score (nSPS) is 44.2. The summed E-state index contributed by atoms with van der Waals surface area (Å²) in [4.78, 5) is 35.0. The van der Waals surface area contributed by atoms with E-state index in [2.05, 4.69) is 20.8 Å². The summed E-state index contributed by atoms with van der Waals surface area (Å²) in [6.07, 6.45) is 9.20. The van der Waals surface area contributed by atoms with Crippen molar-refractivity contribution in [2.24, 2.45) is 46.3 Å². The quantitative estimate of drug-likeness (QED) is 0.501. The average molecular weight is 477 g/mol. The monoisotopic (exact) mass is 476 g/mol. The summed E-state index contributed by atoms with van der Waals surface area (Å²) in [6, 6.07) is 0. The standard InChI is InChI=1S/C28H44O6/c1-16(6-9-25(31)32)21-7-8-22-26-23(11-13-28(21,22)5)27(4)12-10-20(33-17(2)29)14-19(27)15-24(26)34-18(3)30/h16,19-24,26H,6-15H2,1-5H3,(H,31,32)/t16-,19+,20-,21-,22+,23+,24+,26+,27+,28-/m1/s1. The van der Waals surface area contributed by atoms with Crippen molar-refractivity contribution < 1.29 is 29.0 Å². The minimum absolute atomic E-state index is 0.0232. The van der Waals surface area contributed by atoms with Crippen LogP contribution in [0.5, 0.6) is 0 Å². The summed E-state index contributed by atoms with van der Waals surface area (Å²) >= 11 is 0. The van der Waals surface area contributed by atoms with Gasteiger partial charge in [0.1, 0.15) is 12.2 Å². The highest BCUT2D eigenvalue weighted by Crippen LogP contribution is 2.68. The van der Waals surface area contributed by atoms with Crippen LogP contribution in [0, 0.1) is 46.3 Å². The molecule has 6 nitrogen and oxygen atoms in total. The Bertz CT molecular complexity index is 809. The van der Waals surface area contributed by atoms with Gasteiger partial charge in [0.2, 0.25) is 0 Å². The zero-order valence-corrected chi connectivity index (χ0v) is 21.7. The first-order valence-corrected chi connectivity index (χ1v) is 13.5. The van der Waals surface area contributed by atoms with E-state index in [0.717, 1.165) is 51.4 Å². The molecule has 34 heavy (non-hydrogen) atoms. The van der Waals surface area contributed by atoms with Crippen LogP contribution in [0.2, 0.25) is 0 Å². The van der Waals surface area contributed by atoms with Crippen LogP contribution in [0.1, 0.15) is 98.8 Å². The molecule has 6 heteroatoms. The summed E-state index contributed by atoms with van der Waals surface area (Å²) in [5.74, 6) is 1.59. The van der Waals surface area contributed by atoms with Gasteiger partial charge in [-0.25, -0.2) is 0 Å². The maximum atomic E-state index is 12.2. The van der Waals surface area contributed by atoms with Crippen LogP contribution >= 0.6 is 0 Å². The smallest absolute Gasteiger partial charge is 0.303 e.